The second-order valence-electron chi connectivity index (χ2n) is 6.79. The van der Waals surface area contributed by atoms with E-state index in [1.165, 1.54) is 0 Å². The zero-order valence-electron chi connectivity index (χ0n) is 15.3. The molecule has 6 bridgehead atoms. The van der Waals surface area contributed by atoms with Crippen molar-refractivity contribution in [1.29, 1.82) is 0 Å². The lowest BCUT2D eigenvalue weighted by Crippen LogP contribution is -2.03. The predicted molar refractivity (Wildman–Crippen MR) is 108 cm³/mol. The number of aromatic nitrogens is 1. The van der Waals surface area contributed by atoms with Crippen LogP contribution in [0.2, 0.25) is 0 Å². The third-order valence-electron chi connectivity index (χ3n) is 5.00. The number of fused-ring (bicyclic) bond motifs is 6. The van der Waals surface area contributed by atoms with Crippen molar-refractivity contribution in [2.24, 2.45) is 0 Å². The molecule has 2 heterocycles. The molecule has 0 radical (unpaired) electrons. The Morgan fingerprint density at radius 1 is 0.893 bits per heavy atom. The highest BCUT2D eigenvalue weighted by Gasteiger charge is 2.15. The number of carbonyl (C=O) groups is 1. The molecule has 28 heavy (non-hydrogen) atoms. The lowest BCUT2D eigenvalue weighted by atomic mass is 9.96. The van der Waals surface area contributed by atoms with Crippen molar-refractivity contribution in [2.45, 2.75) is 6.61 Å². The van der Waals surface area contributed by atoms with Crippen LogP contribution in [0.1, 0.15) is 21.5 Å². The Morgan fingerprint density at radius 3 is 2.61 bits per heavy atom. The maximum atomic E-state index is 13.1. The van der Waals surface area contributed by atoms with Gasteiger partial charge in [0.05, 0.1) is 12.6 Å². The van der Waals surface area contributed by atoms with Crippen molar-refractivity contribution in [3.63, 3.8) is 0 Å². The van der Waals surface area contributed by atoms with Crippen molar-refractivity contribution in [3.8, 4) is 22.8 Å². The Labute approximate surface area is 162 Å². The van der Waals surface area contributed by atoms with E-state index in [2.05, 4.69) is 4.98 Å². The Bertz CT molecular complexity index is 1230. The number of methoxy groups -OCH3 is 1. The van der Waals surface area contributed by atoms with Crippen molar-refractivity contribution < 1.29 is 14.3 Å². The van der Waals surface area contributed by atoms with E-state index >= 15 is 0 Å². The number of pyridine rings is 1. The summed E-state index contributed by atoms with van der Waals surface area (Å²) in [5.41, 5.74) is 4.95. The number of rotatable bonds is 1. The minimum Gasteiger partial charge on any atom is -0.489 e. The third-order valence-corrected chi connectivity index (χ3v) is 5.00. The van der Waals surface area contributed by atoms with Crippen LogP contribution >= 0.6 is 0 Å². The highest BCUT2D eigenvalue weighted by atomic mass is 16.5. The first-order valence-electron chi connectivity index (χ1n) is 9.07. The summed E-state index contributed by atoms with van der Waals surface area (Å²) < 4.78 is 11.4. The largest absolute Gasteiger partial charge is 0.489 e. The summed E-state index contributed by atoms with van der Waals surface area (Å²) in [4.78, 5) is 17.6. The van der Waals surface area contributed by atoms with E-state index in [4.69, 9.17) is 9.47 Å². The standard InChI is InChI=1S/C24H17NO3/c1-27-23-13-20-16-5-3-7-19(11-16)28-14-15-4-2-6-17(10-15)24(26)18-8-9-22(25-23)21(20)12-18/h2-13H,14H2,1H3. The third kappa shape index (κ3) is 2.79. The van der Waals surface area contributed by atoms with Crippen LogP contribution in [0.5, 0.6) is 11.6 Å². The predicted octanol–water partition coefficient (Wildman–Crippen LogP) is 5.03. The second-order valence-corrected chi connectivity index (χ2v) is 6.79. The molecule has 0 N–H and O–H groups in total. The first-order chi connectivity index (χ1) is 13.7. The van der Waals surface area contributed by atoms with Crippen LogP contribution in [0, 0.1) is 0 Å². The van der Waals surface area contributed by atoms with Crippen LogP contribution in [0.4, 0.5) is 0 Å². The van der Waals surface area contributed by atoms with Gasteiger partial charge in [0.25, 0.3) is 0 Å². The van der Waals surface area contributed by atoms with Crippen LogP contribution in [-0.2, 0) is 6.61 Å². The number of benzene rings is 3. The lowest BCUT2D eigenvalue weighted by molar-refractivity contribution is 0.103. The summed E-state index contributed by atoms with van der Waals surface area (Å²) in [6.07, 6.45) is 0. The van der Waals surface area contributed by atoms with Crippen molar-refractivity contribution >= 4 is 16.7 Å². The number of ketones is 1. The van der Waals surface area contributed by atoms with Gasteiger partial charge in [0.15, 0.2) is 5.78 Å². The quantitative estimate of drug-likeness (QED) is 0.473. The molecule has 1 aliphatic rings. The van der Waals surface area contributed by atoms with Crippen LogP contribution < -0.4 is 9.47 Å². The van der Waals surface area contributed by atoms with Gasteiger partial charge in [-0.15, -0.1) is 0 Å². The zero-order valence-corrected chi connectivity index (χ0v) is 15.3. The maximum absolute atomic E-state index is 13.1. The van der Waals surface area contributed by atoms with Gasteiger partial charge in [0.2, 0.25) is 5.88 Å². The molecule has 0 atom stereocenters. The normalized spacial score (nSPS) is 12.7. The average molecular weight is 367 g/mol. The minimum absolute atomic E-state index is 0.0172. The molecule has 0 spiro atoms. The number of hydrogen-bond acceptors (Lipinski definition) is 4. The molecule has 0 aliphatic carbocycles. The van der Waals surface area contributed by atoms with Gasteiger partial charge in [-0.05, 0) is 53.1 Å². The smallest absolute Gasteiger partial charge is 0.214 e. The van der Waals surface area contributed by atoms with Gasteiger partial charge in [-0.2, -0.15) is 0 Å². The van der Waals surface area contributed by atoms with E-state index in [0.717, 1.165) is 33.3 Å². The number of ether oxygens (including phenoxy) is 2. The molecule has 4 heteroatoms. The number of carbonyl (C=O) groups excluding carboxylic acids is 1. The number of hydrogen-bond donors (Lipinski definition) is 0. The minimum atomic E-state index is -0.0172. The topological polar surface area (TPSA) is 48.4 Å². The van der Waals surface area contributed by atoms with Crippen LogP contribution in [0.3, 0.4) is 0 Å². The lowest BCUT2D eigenvalue weighted by Gasteiger charge is -2.12. The van der Waals surface area contributed by atoms with Gasteiger partial charge < -0.3 is 9.47 Å². The monoisotopic (exact) mass is 367 g/mol. The van der Waals surface area contributed by atoms with Crippen molar-refractivity contribution in [3.05, 3.63) is 89.5 Å². The molecule has 5 rings (SSSR count). The molecular formula is C24H17NO3. The van der Waals surface area contributed by atoms with E-state index in [-0.39, 0.29) is 5.78 Å². The van der Waals surface area contributed by atoms with Crippen LogP contribution in [-0.4, -0.2) is 17.9 Å². The van der Waals surface area contributed by atoms with Gasteiger partial charge >= 0.3 is 0 Å². The molecule has 0 saturated carbocycles. The fourth-order valence-corrected chi connectivity index (χ4v) is 3.58. The van der Waals surface area contributed by atoms with E-state index in [1.807, 2.05) is 72.8 Å². The Morgan fingerprint density at radius 2 is 1.71 bits per heavy atom. The Kier molecular flexibility index (Phi) is 3.83. The summed E-state index contributed by atoms with van der Waals surface area (Å²) in [5, 5.41) is 0.902. The summed E-state index contributed by atoms with van der Waals surface area (Å²) in [6, 6.07) is 23.0. The van der Waals surface area contributed by atoms with Crippen molar-refractivity contribution in [2.75, 3.05) is 7.11 Å². The molecule has 1 aromatic heterocycles. The van der Waals surface area contributed by atoms with E-state index in [1.54, 1.807) is 7.11 Å². The number of nitrogens with zero attached hydrogens (tertiary/aromatic N) is 1. The summed E-state index contributed by atoms with van der Waals surface area (Å²) >= 11 is 0. The van der Waals surface area contributed by atoms with Crippen LogP contribution in [0.15, 0.2) is 72.8 Å². The zero-order chi connectivity index (χ0) is 19.1. The summed E-state index contributed by atoms with van der Waals surface area (Å²) in [7, 11) is 1.60. The first-order valence-corrected chi connectivity index (χ1v) is 9.07. The van der Waals surface area contributed by atoms with Gasteiger partial charge in [-0.1, -0.05) is 30.3 Å². The Hall–Kier alpha value is -3.66. The molecule has 136 valence electrons. The molecule has 3 aromatic carbocycles. The molecule has 0 saturated heterocycles. The molecule has 0 unspecified atom stereocenters. The van der Waals surface area contributed by atoms with E-state index in [9.17, 15) is 4.79 Å². The summed E-state index contributed by atoms with van der Waals surface area (Å²) in [5.74, 6) is 1.29. The summed E-state index contributed by atoms with van der Waals surface area (Å²) in [6.45, 7) is 0.400. The fourth-order valence-electron chi connectivity index (χ4n) is 3.58. The SMILES string of the molecule is COc1cc2c3cc(ccc3n1)C(=O)c1cccc(c1)COc1cccc-2c1. The molecule has 0 amide bonds. The van der Waals surface area contributed by atoms with Gasteiger partial charge in [0.1, 0.15) is 12.4 Å². The molecular weight excluding hydrogens is 350 g/mol. The van der Waals surface area contributed by atoms with E-state index < -0.39 is 0 Å². The fraction of sp³-hybridized carbons (Fsp3) is 0.0833. The molecule has 4 aromatic rings. The maximum Gasteiger partial charge on any atom is 0.214 e. The molecule has 0 fully saturated rings. The second kappa shape index (κ2) is 6.50. The molecule has 1 aliphatic heterocycles. The van der Waals surface area contributed by atoms with Gasteiger partial charge in [-0.3, -0.25) is 4.79 Å². The highest BCUT2D eigenvalue weighted by Crippen LogP contribution is 2.34. The van der Waals surface area contributed by atoms with Gasteiger partial charge in [-0.25, -0.2) is 4.98 Å². The van der Waals surface area contributed by atoms with Crippen molar-refractivity contribution in [1.82, 2.24) is 4.98 Å². The first kappa shape index (κ1) is 16.5. The average Bonchev–Trinajstić information content (AvgIpc) is 2.76. The van der Waals surface area contributed by atoms with E-state index in [0.29, 0.717) is 23.6 Å². The Balaban J connectivity index is 1.83. The van der Waals surface area contributed by atoms with Crippen LogP contribution in [0.25, 0.3) is 22.0 Å². The molecule has 4 nitrogen and oxygen atoms in total. The highest BCUT2D eigenvalue weighted by molar-refractivity contribution is 6.11. The van der Waals surface area contributed by atoms with Gasteiger partial charge in [0, 0.05) is 22.6 Å².